The van der Waals surface area contributed by atoms with Crippen molar-refractivity contribution in [3.8, 4) is 11.5 Å². The van der Waals surface area contributed by atoms with E-state index in [4.69, 9.17) is 14.2 Å². The smallest absolute Gasteiger partial charge is 0.338 e. The molecule has 0 radical (unpaired) electrons. The maximum absolute atomic E-state index is 12.8. The van der Waals surface area contributed by atoms with Gasteiger partial charge in [-0.25, -0.2) is 4.79 Å². The van der Waals surface area contributed by atoms with E-state index in [1.807, 2.05) is 23.6 Å². The molecule has 1 amide bonds. The third kappa shape index (κ3) is 2.97. The van der Waals surface area contributed by atoms with Crippen molar-refractivity contribution in [1.82, 2.24) is 4.57 Å². The van der Waals surface area contributed by atoms with E-state index in [1.54, 1.807) is 24.3 Å². The minimum Gasteiger partial charge on any atom is -0.465 e. The van der Waals surface area contributed by atoms with E-state index in [9.17, 15) is 9.59 Å². The third-order valence-corrected chi connectivity index (χ3v) is 5.29. The predicted octanol–water partition coefficient (Wildman–Crippen LogP) is 2.98. The number of hydrogen-bond acceptors (Lipinski definition) is 6. The molecule has 0 fully saturated rings. The topological polar surface area (TPSA) is 79.1 Å². The van der Waals surface area contributed by atoms with Gasteiger partial charge in [0.1, 0.15) is 0 Å². The summed E-state index contributed by atoms with van der Waals surface area (Å²) in [6, 6.07) is 10.3. The van der Waals surface area contributed by atoms with Crippen molar-refractivity contribution in [1.29, 1.82) is 0 Å². The lowest BCUT2D eigenvalue weighted by molar-refractivity contribution is 0.0597. The Morgan fingerprint density at radius 3 is 2.59 bits per heavy atom. The minimum absolute atomic E-state index is 0.193. The zero-order chi connectivity index (χ0) is 19.0. The second kappa shape index (κ2) is 6.88. The highest BCUT2D eigenvalue weighted by molar-refractivity contribution is 7.16. The van der Waals surface area contributed by atoms with Gasteiger partial charge in [0.05, 0.1) is 28.5 Å². The van der Waals surface area contributed by atoms with Gasteiger partial charge in [-0.2, -0.15) is 4.99 Å². The van der Waals surface area contributed by atoms with Gasteiger partial charge in [-0.15, -0.1) is 0 Å². The van der Waals surface area contributed by atoms with E-state index >= 15 is 0 Å². The third-order valence-electron chi connectivity index (χ3n) is 4.25. The number of carbonyl (C=O) groups excluding carboxylic acids is 2. The number of carbonyl (C=O) groups is 2. The number of rotatable bonds is 3. The van der Waals surface area contributed by atoms with Crippen LogP contribution in [0, 0.1) is 0 Å². The first-order valence-corrected chi connectivity index (χ1v) is 9.13. The number of hydrogen-bond donors (Lipinski definition) is 0. The van der Waals surface area contributed by atoms with Crippen LogP contribution in [0.4, 0.5) is 0 Å². The van der Waals surface area contributed by atoms with Gasteiger partial charge in [0.25, 0.3) is 5.91 Å². The lowest BCUT2D eigenvalue weighted by atomic mass is 10.1. The summed E-state index contributed by atoms with van der Waals surface area (Å²) in [4.78, 5) is 29.5. The summed E-state index contributed by atoms with van der Waals surface area (Å²) in [6.07, 6.45) is 0. The summed E-state index contributed by atoms with van der Waals surface area (Å²) in [5, 5.41) is 0. The van der Waals surface area contributed by atoms with Crippen molar-refractivity contribution >= 4 is 33.4 Å². The Labute approximate surface area is 158 Å². The molecule has 0 aliphatic carbocycles. The number of esters is 1. The second-order valence-electron chi connectivity index (χ2n) is 5.76. The summed E-state index contributed by atoms with van der Waals surface area (Å²) in [5.41, 5.74) is 1.32. The summed E-state index contributed by atoms with van der Waals surface area (Å²) < 4.78 is 18.5. The molecule has 2 aromatic carbocycles. The fraction of sp³-hybridized carbons (Fsp3) is 0.211. The number of amides is 1. The lowest BCUT2D eigenvalue weighted by Gasteiger charge is -2.04. The van der Waals surface area contributed by atoms with E-state index in [-0.39, 0.29) is 17.9 Å². The van der Waals surface area contributed by atoms with Gasteiger partial charge in [0.2, 0.25) is 6.79 Å². The summed E-state index contributed by atoms with van der Waals surface area (Å²) >= 11 is 1.38. The van der Waals surface area contributed by atoms with Crippen molar-refractivity contribution in [3.05, 3.63) is 52.3 Å². The van der Waals surface area contributed by atoms with Crippen LogP contribution < -0.4 is 14.3 Å². The van der Waals surface area contributed by atoms with Gasteiger partial charge >= 0.3 is 5.97 Å². The summed E-state index contributed by atoms with van der Waals surface area (Å²) in [6.45, 7) is 2.81. The predicted molar refractivity (Wildman–Crippen MR) is 99.3 cm³/mol. The molecule has 0 saturated heterocycles. The zero-order valence-electron chi connectivity index (χ0n) is 14.7. The highest BCUT2D eigenvalue weighted by atomic mass is 32.1. The number of thiazole rings is 1. The summed E-state index contributed by atoms with van der Waals surface area (Å²) in [5.74, 6) is 0.293. The molecule has 0 N–H and O–H groups in total. The van der Waals surface area contributed by atoms with Crippen LogP contribution in [0.15, 0.2) is 41.4 Å². The number of aromatic nitrogens is 1. The fourth-order valence-corrected chi connectivity index (χ4v) is 4.06. The van der Waals surface area contributed by atoms with Crippen molar-refractivity contribution < 1.29 is 23.8 Å². The maximum atomic E-state index is 12.8. The van der Waals surface area contributed by atoms with Gasteiger partial charge in [-0.05, 0) is 19.1 Å². The number of benzene rings is 2. The first kappa shape index (κ1) is 17.3. The molecule has 1 aliphatic heterocycles. The Kier molecular flexibility index (Phi) is 4.41. The fourth-order valence-electron chi connectivity index (χ4n) is 2.96. The van der Waals surface area contributed by atoms with E-state index < -0.39 is 11.9 Å². The van der Waals surface area contributed by atoms with Crippen molar-refractivity contribution in [2.24, 2.45) is 4.99 Å². The second-order valence-corrected chi connectivity index (χ2v) is 6.77. The molecule has 1 aromatic heterocycles. The molecule has 0 bridgehead atoms. The Balaban J connectivity index is 1.84. The molecular weight excluding hydrogens is 368 g/mol. The highest BCUT2D eigenvalue weighted by Gasteiger charge is 2.19. The molecule has 8 heteroatoms. The molecule has 0 unspecified atom stereocenters. The van der Waals surface area contributed by atoms with Gasteiger partial charge in [0, 0.05) is 18.7 Å². The molecule has 1 aliphatic rings. The maximum Gasteiger partial charge on any atom is 0.338 e. The van der Waals surface area contributed by atoms with Gasteiger partial charge in [-0.3, -0.25) is 4.79 Å². The molecule has 27 heavy (non-hydrogen) atoms. The normalized spacial score (nSPS) is 13.2. The summed E-state index contributed by atoms with van der Waals surface area (Å²) in [7, 11) is 1.28. The lowest BCUT2D eigenvalue weighted by Crippen LogP contribution is -2.17. The Hall–Kier alpha value is -3.13. The van der Waals surface area contributed by atoms with E-state index in [2.05, 4.69) is 4.99 Å². The van der Waals surface area contributed by atoms with E-state index in [0.717, 1.165) is 10.2 Å². The first-order valence-electron chi connectivity index (χ1n) is 8.31. The van der Waals surface area contributed by atoms with Crippen LogP contribution in [0.1, 0.15) is 27.6 Å². The van der Waals surface area contributed by atoms with Crippen LogP contribution in [0.3, 0.4) is 0 Å². The molecule has 3 aromatic rings. The van der Waals surface area contributed by atoms with E-state index in [1.165, 1.54) is 18.4 Å². The Morgan fingerprint density at radius 2 is 1.89 bits per heavy atom. The molecule has 0 atom stereocenters. The average molecular weight is 384 g/mol. The van der Waals surface area contributed by atoms with Crippen LogP contribution in [-0.2, 0) is 11.3 Å². The largest absolute Gasteiger partial charge is 0.465 e. The van der Waals surface area contributed by atoms with E-state index in [0.29, 0.717) is 22.8 Å². The number of nitrogens with zero attached hydrogens (tertiary/aromatic N) is 2. The Morgan fingerprint density at radius 1 is 1.19 bits per heavy atom. The van der Waals surface area contributed by atoms with Gasteiger partial charge in [-0.1, -0.05) is 23.5 Å². The number of aryl methyl sites for hydroxylation is 1. The number of ether oxygens (including phenoxy) is 3. The molecule has 138 valence electrons. The highest BCUT2D eigenvalue weighted by Crippen LogP contribution is 2.36. The Bertz CT molecular complexity index is 1130. The van der Waals surface area contributed by atoms with Crippen LogP contribution in [0.5, 0.6) is 11.5 Å². The SMILES string of the molecule is CCn1c(=NC(=O)c2ccccc2C(=O)OC)sc2cc3c(cc21)OCO3. The van der Waals surface area contributed by atoms with Crippen LogP contribution in [0.2, 0.25) is 0 Å². The average Bonchev–Trinajstić information content (AvgIpc) is 3.28. The van der Waals surface area contributed by atoms with Crippen molar-refractivity contribution in [2.45, 2.75) is 13.5 Å². The molecule has 2 heterocycles. The van der Waals surface area contributed by atoms with Crippen molar-refractivity contribution in [2.75, 3.05) is 13.9 Å². The number of methoxy groups -OCH3 is 1. The molecule has 4 rings (SSSR count). The first-order chi connectivity index (χ1) is 13.1. The van der Waals surface area contributed by atoms with Crippen LogP contribution >= 0.6 is 11.3 Å². The van der Waals surface area contributed by atoms with Crippen molar-refractivity contribution in [3.63, 3.8) is 0 Å². The zero-order valence-corrected chi connectivity index (χ0v) is 15.5. The quantitative estimate of drug-likeness (QED) is 0.649. The molecule has 7 nitrogen and oxygen atoms in total. The number of fused-ring (bicyclic) bond motifs is 2. The minimum atomic E-state index is -0.570. The standard InChI is InChI=1S/C19H16N2O5S/c1-3-21-13-8-14-15(26-10-25-14)9-16(13)27-19(21)20-17(22)11-6-4-5-7-12(11)18(23)24-2/h4-9H,3,10H2,1-2H3. The molecule has 0 saturated carbocycles. The van der Waals surface area contributed by atoms with Gasteiger partial charge in [0.15, 0.2) is 16.3 Å². The van der Waals surface area contributed by atoms with Gasteiger partial charge < -0.3 is 18.8 Å². The molecule has 0 spiro atoms. The van der Waals surface area contributed by atoms with Crippen LogP contribution in [-0.4, -0.2) is 30.3 Å². The molecular formula is C19H16N2O5S. The monoisotopic (exact) mass is 384 g/mol. The van der Waals surface area contributed by atoms with Crippen LogP contribution in [0.25, 0.3) is 10.2 Å².